The molecule has 0 aromatic heterocycles. The fraction of sp³-hybridized carbons (Fsp3) is 0.650. The van der Waals surface area contributed by atoms with Gasteiger partial charge in [0.25, 0.3) is 0 Å². The summed E-state index contributed by atoms with van der Waals surface area (Å²) in [6, 6.07) is 8.59. The van der Waals surface area contributed by atoms with Gasteiger partial charge in [-0.05, 0) is 51.0 Å². The summed E-state index contributed by atoms with van der Waals surface area (Å²) in [6.07, 6.45) is 7.52. The Morgan fingerprint density at radius 3 is 2.29 bits per heavy atom. The molecule has 0 amide bonds. The minimum absolute atomic E-state index is 0.828. The van der Waals surface area contributed by atoms with Crippen molar-refractivity contribution in [1.29, 1.82) is 0 Å². The summed E-state index contributed by atoms with van der Waals surface area (Å²) in [6.45, 7) is 5.22. The molecule has 4 heteroatoms. The van der Waals surface area contributed by atoms with Gasteiger partial charge in [0.15, 0.2) is 5.96 Å². The second-order valence-corrected chi connectivity index (χ2v) is 6.55. The average Bonchev–Trinajstić information content (AvgIpc) is 2.59. The van der Waals surface area contributed by atoms with Crippen LogP contribution in [-0.2, 0) is 13.0 Å². The number of rotatable bonds is 11. The number of aliphatic imine (C=N–C) groups is 1. The summed E-state index contributed by atoms with van der Waals surface area (Å²) in [4.78, 5) is 6.57. The van der Waals surface area contributed by atoms with Crippen molar-refractivity contribution in [2.75, 3.05) is 34.2 Å². The highest BCUT2D eigenvalue weighted by Crippen LogP contribution is 2.08. The van der Waals surface area contributed by atoms with Gasteiger partial charge >= 0.3 is 0 Å². The maximum atomic E-state index is 4.31. The Hall–Kier alpha value is -1.55. The summed E-state index contributed by atoms with van der Waals surface area (Å²) in [7, 11) is 6.12. The molecule has 0 heterocycles. The van der Waals surface area contributed by atoms with E-state index in [0.29, 0.717) is 0 Å². The van der Waals surface area contributed by atoms with Crippen LogP contribution >= 0.6 is 0 Å². The molecule has 0 fully saturated rings. The zero-order valence-electron chi connectivity index (χ0n) is 16.1. The lowest BCUT2D eigenvalue weighted by Crippen LogP contribution is -2.37. The fourth-order valence-electron chi connectivity index (χ4n) is 2.76. The molecule has 0 radical (unpaired) electrons. The lowest BCUT2D eigenvalue weighted by atomic mass is 10.1. The Morgan fingerprint density at radius 1 is 0.958 bits per heavy atom. The molecule has 0 atom stereocenters. The van der Waals surface area contributed by atoms with Gasteiger partial charge < -0.3 is 15.5 Å². The van der Waals surface area contributed by atoms with Crippen LogP contribution in [0.4, 0.5) is 0 Å². The van der Waals surface area contributed by atoms with Crippen molar-refractivity contribution in [2.45, 2.75) is 52.0 Å². The summed E-state index contributed by atoms with van der Waals surface area (Å²) in [5, 5.41) is 6.83. The van der Waals surface area contributed by atoms with Crippen LogP contribution in [0.3, 0.4) is 0 Å². The molecule has 4 nitrogen and oxygen atoms in total. The zero-order valence-corrected chi connectivity index (χ0v) is 16.1. The lowest BCUT2D eigenvalue weighted by molar-refractivity contribution is 0.389. The third-order valence-electron chi connectivity index (χ3n) is 4.24. The standard InChI is InChI=1S/C20H36N4/c1-5-18-13-9-10-14-19(18)17-23-20(21-2)22-15-11-7-6-8-12-16-24(3)4/h9-10,13-14H,5-8,11-12,15-17H2,1-4H3,(H2,21,22,23). The molecule has 0 unspecified atom stereocenters. The van der Waals surface area contributed by atoms with Gasteiger partial charge in [0.05, 0.1) is 0 Å². The molecule has 0 aliphatic heterocycles. The normalized spacial score (nSPS) is 11.8. The minimum Gasteiger partial charge on any atom is -0.356 e. The molecule has 0 bridgehead atoms. The van der Waals surface area contributed by atoms with Gasteiger partial charge in [-0.3, -0.25) is 4.99 Å². The van der Waals surface area contributed by atoms with Crippen molar-refractivity contribution in [3.8, 4) is 0 Å². The van der Waals surface area contributed by atoms with E-state index in [4.69, 9.17) is 0 Å². The Labute approximate surface area is 148 Å². The van der Waals surface area contributed by atoms with E-state index in [0.717, 1.165) is 25.5 Å². The molecule has 1 aromatic carbocycles. The van der Waals surface area contributed by atoms with Gasteiger partial charge in [-0.15, -0.1) is 0 Å². The molecule has 0 saturated carbocycles. The number of hydrogen-bond donors (Lipinski definition) is 2. The molecule has 0 spiro atoms. The number of nitrogens with zero attached hydrogens (tertiary/aromatic N) is 2. The molecule has 2 N–H and O–H groups in total. The van der Waals surface area contributed by atoms with Crippen molar-refractivity contribution in [1.82, 2.24) is 15.5 Å². The Balaban J connectivity index is 2.15. The molecular formula is C20H36N4. The van der Waals surface area contributed by atoms with Crippen LogP contribution in [0, 0.1) is 0 Å². The van der Waals surface area contributed by atoms with Crippen molar-refractivity contribution in [2.24, 2.45) is 4.99 Å². The van der Waals surface area contributed by atoms with Gasteiger partial charge in [0.1, 0.15) is 0 Å². The number of hydrogen-bond acceptors (Lipinski definition) is 2. The molecule has 136 valence electrons. The maximum absolute atomic E-state index is 4.31. The van der Waals surface area contributed by atoms with Crippen molar-refractivity contribution >= 4 is 5.96 Å². The quantitative estimate of drug-likeness (QED) is 0.370. The second kappa shape index (κ2) is 12.8. The maximum Gasteiger partial charge on any atom is 0.191 e. The van der Waals surface area contributed by atoms with Crippen LogP contribution in [0.5, 0.6) is 0 Å². The van der Waals surface area contributed by atoms with Crippen molar-refractivity contribution in [3.63, 3.8) is 0 Å². The van der Waals surface area contributed by atoms with E-state index in [2.05, 4.69) is 65.8 Å². The van der Waals surface area contributed by atoms with Gasteiger partial charge in [-0.2, -0.15) is 0 Å². The van der Waals surface area contributed by atoms with E-state index in [-0.39, 0.29) is 0 Å². The van der Waals surface area contributed by atoms with Gasteiger partial charge in [0, 0.05) is 20.1 Å². The van der Waals surface area contributed by atoms with E-state index in [1.165, 1.54) is 49.8 Å². The predicted octanol–water partition coefficient (Wildman–Crippen LogP) is 3.43. The molecule has 0 saturated heterocycles. The van der Waals surface area contributed by atoms with E-state index in [1.54, 1.807) is 0 Å². The molecule has 1 aromatic rings. The average molecular weight is 333 g/mol. The summed E-state index contributed by atoms with van der Waals surface area (Å²) < 4.78 is 0. The number of aryl methyl sites for hydroxylation is 1. The van der Waals surface area contributed by atoms with Crippen LogP contribution in [-0.4, -0.2) is 45.1 Å². The summed E-state index contributed by atoms with van der Waals surface area (Å²) in [5.74, 6) is 0.897. The first-order chi connectivity index (χ1) is 11.7. The minimum atomic E-state index is 0.828. The number of nitrogens with one attached hydrogen (secondary N) is 2. The molecule has 0 aliphatic rings. The molecule has 1 rings (SSSR count). The van der Waals surface area contributed by atoms with Gasteiger partial charge in [-0.1, -0.05) is 50.5 Å². The fourth-order valence-corrected chi connectivity index (χ4v) is 2.76. The predicted molar refractivity (Wildman–Crippen MR) is 106 cm³/mol. The van der Waals surface area contributed by atoms with E-state index in [9.17, 15) is 0 Å². The summed E-state index contributed by atoms with van der Waals surface area (Å²) in [5.41, 5.74) is 2.75. The SMILES string of the molecule is CCc1ccccc1CNC(=NC)NCCCCCCCN(C)C. The highest BCUT2D eigenvalue weighted by atomic mass is 15.2. The second-order valence-electron chi connectivity index (χ2n) is 6.55. The van der Waals surface area contributed by atoms with E-state index in [1.807, 2.05) is 7.05 Å². The number of unbranched alkanes of at least 4 members (excludes halogenated alkanes) is 4. The van der Waals surface area contributed by atoms with Gasteiger partial charge in [0.2, 0.25) is 0 Å². The number of guanidine groups is 1. The topological polar surface area (TPSA) is 39.7 Å². The van der Waals surface area contributed by atoms with Crippen LogP contribution in [0.1, 0.15) is 50.2 Å². The lowest BCUT2D eigenvalue weighted by Gasteiger charge is -2.14. The third-order valence-corrected chi connectivity index (χ3v) is 4.24. The Kier molecular flexibility index (Phi) is 10.9. The van der Waals surface area contributed by atoms with Crippen molar-refractivity contribution in [3.05, 3.63) is 35.4 Å². The van der Waals surface area contributed by atoms with Crippen LogP contribution < -0.4 is 10.6 Å². The largest absolute Gasteiger partial charge is 0.356 e. The van der Waals surface area contributed by atoms with Crippen molar-refractivity contribution < 1.29 is 0 Å². The smallest absolute Gasteiger partial charge is 0.191 e. The third kappa shape index (κ3) is 8.92. The molecule has 24 heavy (non-hydrogen) atoms. The Morgan fingerprint density at radius 2 is 1.62 bits per heavy atom. The molecule has 0 aliphatic carbocycles. The highest BCUT2D eigenvalue weighted by Gasteiger charge is 2.01. The Bertz CT molecular complexity index is 468. The highest BCUT2D eigenvalue weighted by molar-refractivity contribution is 5.79. The van der Waals surface area contributed by atoms with Crippen LogP contribution in [0.2, 0.25) is 0 Å². The first kappa shape index (κ1) is 20.5. The van der Waals surface area contributed by atoms with Crippen LogP contribution in [0.15, 0.2) is 29.3 Å². The summed E-state index contributed by atoms with van der Waals surface area (Å²) >= 11 is 0. The molecular weight excluding hydrogens is 296 g/mol. The monoisotopic (exact) mass is 332 g/mol. The first-order valence-electron chi connectivity index (χ1n) is 9.33. The van der Waals surface area contributed by atoms with E-state index >= 15 is 0 Å². The van der Waals surface area contributed by atoms with Crippen LogP contribution in [0.25, 0.3) is 0 Å². The number of benzene rings is 1. The van der Waals surface area contributed by atoms with E-state index < -0.39 is 0 Å². The zero-order chi connectivity index (χ0) is 17.6. The van der Waals surface area contributed by atoms with Gasteiger partial charge in [-0.25, -0.2) is 0 Å². The first-order valence-corrected chi connectivity index (χ1v) is 9.33.